The highest BCUT2D eigenvalue weighted by Crippen LogP contribution is 2.47. The van der Waals surface area contributed by atoms with Crippen molar-refractivity contribution >= 4 is 0 Å². The van der Waals surface area contributed by atoms with E-state index in [1.807, 2.05) is 60.7 Å². The number of nitrogens with zero attached hydrogens (tertiary/aromatic N) is 1. The minimum absolute atomic E-state index is 0.290. The van der Waals surface area contributed by atoms with Crippen molar-refractivity contribution in [2.45, 2.75) is 12.5 Å². The smallest absolute Gasteiger partial charge is 0.406 e. The summed E-state index contributed by atoms with van der Waals surface area (Å²) in [6.45, 7) is 0. The first-order valence-corrected chi connectivity index (χ1v) is 9.64. The van der Waals surface area contributed by atoms with Crippen molar-refractivity contribution in [2.24, 2.45) is 0 Å². The molecule has 1 aliphatic carbocycles. The minimum Gasteiger partial charge on any atom is -0.406 e. The van der Waals surface area contributed by atoms with Crippen LogP contribution in [0.2, 0.25) is 0 Å². The monoisotopic (exact) mass is 419 g/mol. The minimum atomic E-state index is -4.74. The molecule has 0 radical (unpaired) electrons. The molecule has 0 saturated heterocycles. The molecule has 3 nitrogen and oxygen atoms in total. The average Bonchev–Trinajstić information content (AvgIpc) is 3.06. The number of aliphatic hydroxyl groups is 1. The zero-order valence-electron chi connectivity index (χ0n) is 16.1. The van der Waals surface area contributed by atoms with Crippen molar-refractivity contribution in [3.05, 3.63) is 96.1 Å². The van der Waals surface area contributed by atoms with Crippen LogP contribution in [-0.4, -0.2) is 16.5 Å². The van der Waals surface area contributed by atoms with E-state index in [9.17, 15) is 18.3 Å². The zero-order chi connectivity index (χ0) is 21.6. The second-order valence-electron chi connectivity index (χ2n) is 7.25. The second kappa shape index (κ2) is 7.25. The lowest BCUT2D eigenvalue weighted by Gasteiger charge is -2.15. The number of pyridine rings is 1. The van der Waals surface area contributed by atoms with Gasteiger partial charge in [0.15, 0.2) is 0 Å². The summed E-state index contributed by atoms with van der Waals surface area (Å²) in [5.41, 5.74) is 6.04. The van der Waals surface area contributed by atoms with Gasteiger partial charge >= 0.3 is 6.36 Å². The number of aliphatic hydroxyl groups excluding tert-OH is 1. The quantitative estimate of drug-likeness (QED) is 0.419. The lowest BCUT2D eigenvalue weighted by atomic mass is 9.95. The molecule has 1 heterocycles. The van der Waals surface area contributed by atoms with Crippen molar-refractivity contribution in [3.63, 3.8) is 0 Å². The van der Waals surface area contributed by atoms with Crippen molar-refractivity contribution in [1.82, 2.24) is 4.98 Å². The molecule has 154 valence electrons. The topological polar surface area (TPSA) is 42.4 Å². The summed E-state index contributed by atoms with van der Waals surface area (Å²) in [6, 6.07) is 24.7. The summed E-state index contributed by atoms with van der Waals surface area (Å²) in [4.78, 5) is 4.78. The van der Waals surface area contributed by atoms with Gasteiger partial charge in [0.05, 0.1) is 11.4 Å². The predicted molar refractivity (Wildman–Crippen MR) is 111 cm³/mol. The number of halogens is 3. The van der Waals surface area contributed by atoms with Gasteiger partial charge in [-0.25, -0.2) is 4.98 Å². The third-order valence-electron chi connectivity index (χ3n) is 5.31. The average molecular weight is 419 g/mol. The molecular formula is C25H16F3NO2. The van der Waals surface area contributed by atoms with Gasteiger partial charge in [0, 0.05) is 16.7 Å². The number of benzene rings is 3. The number of hydrogen-bond donors (Lipinski definition) is 1. The number of hydrogen-bond acceptors (Lipinski definition) is 3. The van der Waals surface area contributed by atoms with Crippen LogP contribution in [0.1, 0.15) is 17.2 Å². The molecule has 0 bridgehead atoms. The third kappa shape index (κ3) is 3.55. The molecule has 1 aromatic heterocycles. The van der Waals surface area contributed by atoms with E-state index in [1.165, 1.54) is 12.1 Å². The van der Waals surface area contributed by atoms with E-state index < -0.39 is 12.5 Å². The number of rotatable bonds is 3. The molecule has 1 N–H and O–H groups in total. The Morgan fingerprint density at radius 2 is 1.45 bits per heavy atom. The molecule has 3 aromatic carbocycles. The zero-order valence-corrected chi connectivity index (χ0v) is 16.1. The highest BCUT2D eigenvalue weighted by atomic mass is 19.4. The van der Waals surface area contributed by atoms with Gasteiger partial charge in [0.2, 0.25) is 0 Å². The highest BCUT2D eigenvalue weighted by Gasteiger charge is 2.32. The maximum Gasteiger partial charge on any atom is 0.573 e. The van der Waals surface area contributed by atoms with Crippen LogP contribution < -0.4 is 4.74 Å². The number of fused-ring (bicyclic) bond motifs is 3. The molecule has 0 aliphatic heterocycles. The SMILES string of the molecule is OC1c2ccccc2-c2nc(-c3ccc(OC(F)(F)F)cc3)cc(-c3ccccc3)c21. The fourth-order valence-electron chi connectivity index (χ4n) is 3.98. The van der Waals surface area contributed by atoms with Crippen LogP contribution in [0.3, 0.4) is 0 Å². The van der Waals surface area contributed by atoms with Gasteiger partial charge in [0.1, 0.15) is 11.9 Å². The predicted octanol–water partition coefficient (Wildman–Crippen LogP) is 6.38. The Morgan fingerprint density at radius 3 is 2.16 bits per heavy atom. The normalized spacial score (nSPS) is 14.8. The van der Waals surface area contributed by atoms with E-state index in [2.05, 4.69) is 4.74 Å². The fraction of sp³-hybridized carbons (Fsp3) is 0.0800. The number of aromatic nitrogens is 1. The standard InChI is InChI=1S/C25H16F3NO2/c26-25(27,28)31-17-12-10-16(11-13-17)21-14-20(15-6-2-1-3-7-15)22-23(29-21)18-8-4-5-9-19(18)24(22)30/h1-14,24,30H. The van der Waals surface area contributed by atoms with Crippen molar-refractivity contribution in [3.8, 4) is 39.4 Å². The van der Waals surface area contributed by atoms with Crippen LogP contribution in [0.4, 0.5) is 13.2 Å². The van der Waals surface area contributed by atoms with Crippen LogP contribution >= 0.6 is 0 Å². The van der Waals surface area contributed by atoms with Crippen LogP contribution in [0.5, 0.6) is 5.75 Å². The Bertz CT molecular complexity index is 1250. The molecule has 0 amide bonds. The van der Waals surface area contributed by atoms with Crippen LogP contribution in [-0.2, 0) is 0 Å². The van der Waals surface area contributed by atoms with Gasteiger partial charge in [-0.2, -0.15) is 0 Å². The first-order valence-electron chi connectivity index (χ1n) is 9.64. The van der Waals surface area contributed by atoms with E-state index in [1.54, 1.807) is 12.1 Å². The third-order valence-corrected chi connectivity index (χ3v) is 5.31. The Hall–Kier alpha value is -3.64. The first-order chi connectivity index (χ1) is 14.9. The molecule has 0 saturated carbocycles. The Balaban J connectivity index is 1.67. The van der Waals surface area contributed by atoms with Gasteiger partial charge in [-0.05, 0) is 47.0 Å². The summed E-state index contributed by atoms with van der Waals surface area (Å²) >= 11 is 0. The summed E-state index contributed by atoms with van der Waals surface area (Å²) < 4.78 is 41.4. The molecule has 5 rings (SSSR count). The van der Waals surface area contributed by atoms with E-state index in [-0.39, 0.29) is 5.75 Å². The first kappa shape index (κ1) is 19.3. The van der Waals surface area contributed by atoms with Crippen LogP contribution in [0.15, 0.2) is 84.9 Å². The second-order valence-corrected chi connectivity index (χ2v) is 7.25. The van der Waals surface area contributed by atoms with Crippen LogP contribution in [0.25, 0.3) is 33.6 Å². The molecule has 6 heteroatoms. The summed E-state index contributed by atoms with van der Waals surface area (Å²) in [5.74, 6) is -0.290. The van der Waals surface area contributed by atoms with Gasteiger partial charge in [-0.15, -0.1) is 13.2 Å². The lowest BCUT2D eigenvalue weighted by Crippen LogP contribution is -2.16. The molecule has 1 atom stereocenters. The molecule has 0 spiro atoms. The molecule has 4 aromatic rings. The number of alkyl halides is 3. The summed E-state index contributed by atoms with van der Waals surface area (Å²) in [5, 5.41) is 11.0. The fourth-order valence-corrected chi connectivity index (χ4v) is 3.98. The van der Waals surface area contributed by atoms with Gasteiger partial charge in [-0.1, -0.05) is 54.6 Å². The highest BCUT2D eigenvalue weighted by molar-refractivity contribution is 5.86. The summed E-state index contributed by atoms with van der Waals surface area (Å²) in [6.07, 6.45) is -5.54. The maximum atomic E-state index is 12.5. The van der Waals surface area contributed by atoms with Crippen molar-refractivity contribution in [1.29, 1.82) is 0 Å². The van der Waals surface area contributed by atoms with Gasteiger partial charge in [0.25, 0.3) is 0 Å². The van der Waals surface area contributed by atoms with Gasteiger partial charge < -0.3 is 9.84 Å². The molecule has 1 aliphatic rings. The van der Waals surface area contributed by atoms with Gasteiger partial charge in [-0.3, -0.25) is 0 Å². The van der Waals surface area contributed by atoms with E-state index in [0.717, 1.165) is 27.8 Å². The molecule has 1 unspecified atom stereocenters. The molecule has 0 fully saturated rings. The molecular weight excluding hydrogens is 403 g/mol. The Labute approximate surface area is 176 Å². The van der Waals surface area contributed by atoms with Crippen molar-refractivity contribution < 1.29 is 23.0 Å². The van der Waals surface area contributed by atoms with Crippen LogP contribution in [0, 0.1) is 0 Å². The lowest BCUT2D eigenvalue weighted by molar-refractivity contribution is -0.274. The largest absolute Gasteiger partial charge is 0.573 e. The van der Waals surface area contributed by atoms with E-state index >= 15 is 0 Å². The number of ether oxygens (including phenoxy) is 1. The molecule has 31 heavy (non-hydrogen) atoms. The summed E-state index contributed by atoms with van der Waals surface area (Å²) in [7, 11) is 0. The maximum absolute atomic E-state index is 12.5. The van der Waals surface area contributed by atoms with E-state index in [0.29, 0.717) is 17.0 Å². The Morgan fingerprint density at radius 1 is 0.774 bits per heavy atom. The van der Waals surface area contributed by atoms with Crippen molar-refractivity contribution in [2.75, 3.05) is 0 Å². The van der Waals surface area contributed by atoms with E-state index in [4.69, 9.17) is 4.98 Å². The Kier molecular flexibility index (Phi) is 4.52.